The monoisotopic (exact) mass is 301 g/mol. The van der Waals surface area contributed by atoms with Gasteiger partial charge in [-0.3, -0.25) is 4.79 Å². The van der Waals surface area contributed by atoms with Crippen LogP contribution in [-0.4, -0.2) is 42.5 Å². The Balaban J connectivity index is 2.24. The molecule has 92 valence electrons. The van der Waals surface area contributed by atoms with Crippen LogP contribution < -0.4 is 4.90 Å². The summed E-state index contributed by atoms with van der Waals surface area (Å²) < 4.78 is 14.3. The molecule has 0 saturated carbocycles. The number of hydrogen-bond acceptors (Lipinski definition) is 3. The van der Waals surface area contributed by atoms with Gasteiger partial charge >= 0.3 is 0 Å². The molecule has 0 aliphatic carbocycles. The van der Waals surface area contributed by atoms with Crippen LogP contribution in [-0.2, 0) is 4.79 Å². The predicted octanol–water partition coefficient (Wildman–Crippen LogP) is 1.65. The molecule has 2 rings (SSSR count). The van der Waals surface area contributed by atoms with Crippen molar-refractivity contribution in [2.75, 3.05) is 31.6 Å². The van der Waals surface area contributed by atoms with Gasteiger partial charge in [-0.25, -0.2) is 9.37 Å². The van der Waals surface area contributed by atoms with Gasteiger partial charge in [0.15, 0.2) is 11.6 Å². The van der Waals surface area contributed by atoms with Crippen molar-refractivity contribution in [3.8, 4) is 0 Å². The number of nitrogens with zero attached hydrogens (tertiary/aromatic N) is 3. The summed E-state index contributed by atoms with van der Waals surface area (Å²) in [5, 5.41) is 0. The van der Waals surface area contributed by atoms with Crippen LogP contribution in [0.5, 0.6) is 0 Å². The van der Waals surface area contributed by atoms with E-state index in [-0.39, 0.29) is 18.3 Å². The number of halogens is 2. The molecule has 0 N–H and O–H groups in total. The molecule has 6 heteroatoms. The molecule has 2 heterocycles. The minimum Gasteiger partial charge on any atom is -0.345 e. The van der Waals surface area contributed by atoms with Gasteiger partial charge in [-0.1, -0.05) is 0 Å². The van der Waals surface area contributed by atoms with E-state index < -0.39 is 5.82 Å². The van der Waals surface area contributed by atoms with Crippen molar-refractivity contribution in [2.45, 2.75) is 6.42 Å². The number of carbonyl (C=O) groups is 1. The van der Waals surface area contributed by atoms with Gasteiger partial charge in [0.1, 0.15) is 0 Å². The molecule has 1 aromatic rings. The van der Waals surface area contributed by atoms with Gasteiger partial charge in [-0.2, -0.15) is 0 Å². The smallest absolute Gasteiger partial charge is 0.241 e. The second kappa shape index (κ2) is 5.00. The van der Waals surface area contributed by atoms with Crippen LogP contribution in [0, 0.1) is 5.82 Å². The van der Waals surface area contributed by atoms with Gasteiger partial charge < -0.3 is 9.80 Å². The van der Waals surface area contributed by atoms with Crippen molar-refractivity contribution in [1.29, 1.82) is 0 Å². The molecule has 1 aliphatic rings. The molecule has 0 spiro atoms. The predicted molar refractivity (Wildman–Crippen MR) is 66.4 cm³/mol. The Morgan fingerprint density at radius 2 is 2.24 bits per heavy atom. The van der Waals surface area contributed by atoms with Crippen LogP contribution >= 0.6 is 15.9 Å². The van der Waals surface area contributed by atoms with Gasteiger partial charge in [0.25, 0.3) is 0 Å². The number of anilines is 1. The Hall–Kier alpha value is -1.17. The molecule has 1 fully saturated rings. The Bertz CT molecular complexity index is 441. The van der Waals surface area contributed by atoms with Crippen LogP contribution in [0.25, 0.3) is 0 Å². The van der Waals surface area contributed by atoms with E-state index in [2.05, 4.69) is 20.9 Å². The first kappa shape index (κ1) is 12.3. The molecule has 1 saturated heterocycles. The third-order valence-electron chi connectivity index (χ3n) is 2.76. The van der Waals surface area contributed by atoms with Crippen molar-refractivity contribution < 1.29 is 9.18 Å². The van der Waals surface area contributed by atoms with E-state index in [4.69, 9.17) is 0 Å². The summed E-state index contributed by atoms with van der Waals surface area (Å²) in [5.41, 5.74) is 0. The van der Waals surface area contributed by atoms with E-state index in [1.54, 1.807) is 16.8 Å². The maximum Gasteiger partial charge on any atom is 0.241 e. The number of rotatable bonds is 1. The molecular formula is C11H13BrFN3O. The minimum atomic E-state index is -0.406. The van der Waals surface area contributed by atoms with Crippen molar-refractivity contribution >= 4 is 27.7 Å². The molecule has 1 aliphatic heterocycles. The minimum absolute atomic E-state index is 0.00776. The molecule has 0 aromatic carbocycles. The molecule has 1 amide bonds. The highest BCUT2D eigenvalue weighted by atomic mass is 79.9. The van der Waals surface area contributed by atoms with Crippen molar-refractivity contribution in [3.05, 3.63) is 22.6 Å². The molecule has 17 heavy (non-hydrogen) atoms. The fourth-order valence-electron chi connectivity index (χ4n) is 1.81. The highest BCUT2D eigenvalue weighted by Crippen LogP contribution is 2.21. The third-order valence-corrected chi connectivity index (χ3v) is 3.20. The van der Waals surface area contributed by atoms with Gasteiger partial charge in [-0.05, 0) is 28.4 Å². The first-order chi connectivity index (χ1) is 8.08. The number of pyridine rings is 1. The Labute approximate surface area is 108 Å². The van der Waals surface area contributed by atoms with Crippen molar-refractivity contribution in [1.82, 2.24) is 9.88 Å². The summed E-state index contributed by atoms with van der Waals surface area (Å²) >= 11 is 3.16. The van der Waals surface area contributed by atoms with Crippen molar-refractivity contribution in [2.24, 2.45) is 0 Å². The second-order valence-electron chi connectivity index (χ2n) is 4.05. The first-order valence-corrected chi connectivity index (χ1v) is 6.17. The van der Waals surface area contributed by atoms with E-state index in [1.165, 1.54) is 12.3 Å². The molecule has 1 aromatic heterocycles. The first-order valence-electron chi connectivity index (χ1n) is 5.38. The normalized spacial score (nSPS) is 17.2. The number of amides is 1. The standard InChI is InChI=1S/C11H13BrFN3O/c1-15-3-2-4-16(7-10(15)17)11-9(13)5-8(12)6-14-11/h5-6H,2-4,7H2,1H3. The molecule has 0 unspecified atom stereocenters. The summed E-state index contributed by atoms with van der Waals surface area (Å²) in [6.07, 6.45) is 2.36. The molecule has 0 atom stereocenters. The fraction of sp³-hybridized carbons (Fsp3) is 0.455. The summed E-state index contributed by atoms with van der Waals surface area (Å²) in [7, 11) is 1.76. The number of aromatic nitrogens is 1. The highest BCUT2D eigenvalue weighted by Gasteiger charge is 2.22. The maximum atomic E-state index is 13.7. The topological polar surface area (TPSA) is 36.4 Å². The lowest BCUT2D eigenvalue weighted by Gasteiger charge is -2.21. The largest absolute Gasteiger partial charge is 0.345 e. The Morgan fingerprint density at radius 3 is 2.94 bits per heavy atom. The summed E-state index contributed by atoms with van der Waals surface area (Å²) in [4.78, 5) is 19.1. The lowest BCUT2D eigenvalue weighted by atomic mass is 10.3. The summed E-state index contributed by atoms with van der Waals surface area (Å²) in [6.45, 7) is 1.52. The average molecular weight is 302 g/mol. The molecule has 0 radical (unpaired) electrons. The van der Waals surface area contributed by atoms with E-state index in [0.29, 0.717) is 17.6 Å². The Kier molecular flexibility index (Phi) is 3.61. The maximum absolute atomic E-state index is 13.7. The average Bonchev–Trinajstić information content (AvgIpc) is 2.42. The highest BCUT2D eigenvalue weighted by molar-refractivity contribution is 9.10. The van der Waals surface area contributed by atoms with Crippen LogP contribution in [0.15, 0.2) is 16.7 Å². The quantitative estimate of drug-likeness (QED) is 0.791. The fourth-order valence-corrected chi connectivity index (χ4v) is 2.11. The zero-order valence-electron chi connectivity index (χ0n) is 9.49. The zero-order valence-corrected chi connectivity index (χ0v) is 11.1. The molecule has 4 nitrogen and oxygen atoms in total. The second-order valence-corrected chi connectivity index (χ2v) is 4.97. The van der Waals surface area contributed by atoms with Crippen LogP contribution in [0.4, 0.5) is 10.2 Å². The van der Waals surface area contributed by atoms with Crippen LogP contribution in [0.1, 0.15) is 6.42 Å². The molecule has 0 bridgehead atoms. The number of carbonyl (C=O) groups excluding carboxylic acids is 1. The van der Waals surface area contributed by atoms with E-state index in [9.17, 15) is 9.18 Å². The van der Waals surface area contributed by atoms with Crippen LogP contribution in [0.2, 0.25) is 0 Å². The SMILES string of the molecule is CN1CCCN(c2ncc(Br)cc2F)CC1=O. The molecular weight excluding hydrogens is 289 g/mol. The van der Waals surface area contributed by atoms with Gasteiger partial charge in [0.2, 0.25) is 5.91 Å². The third kappa shape index (κ3) is 2.74. The summed E-state index contributed by atoms with van der Waals surface area (Å²) in [5.74, 6) is -0.166. The zero-order chi connectivity index (χ0) is 12.4. The lowest BCUT2D eigenvalue weighted by Crippen LogP contribution is -2.35. The number of hydrogen-bond donors (Lipinski definition) is 0. The van der Waals surface area contributed by atoms with Gasteiger partial charge in [-0.15, -0.1) is 0 Å². The van der Waals surface area contributed by atoms with E-state index in [1.807, 2.05) is 0 Å². The Morgan fingerprint density at radius 1 is 1.47 bits per heavy atom. The number of likely N-dealkylation sites (N-methyl/N-ethyl adjacent to an activating group) is 1. The van der Waals surface area contributed by atoms with Crippen LogP contribution in [0.3, 0.4) is 0 Å². The van der Waals surface area contributed by atoms with Gasteiger partial charge in [0, 0.05) is 30.8 Å². The lowest BCUT2D eigenvalue weighted by molar-refractivity contribution is -0.127. The van der Waals surface area contributed by atoms with Crippen molar-refractivity contribution in [3.63, 3.8) is 0 Å². The summed E-state index contributed by atoms with van der Waals surface area (Å²) in [6, 6.07) is 1.36. The van der Waals surface area contributed by atoms with E-state index in [0.717, 1.165) is 6.42 Å². The van der Waals surface area contributed by atoms with E-state index >= 15 is 0 Å². The van der Waals surface area contributed by atoms with Gasteiger partial charge in [0.05, 0.1) is 6.54 Å².